The molecule has 18 heavy (non-hydrogen) atoms. The van der Waals surface area contributed by atoms with Crippen molar-refractivity contribution in [3.8, 4) is 0 Å². The van der Waals surface area contributed by atoms with Crippen LogP contribution in [0, 0.1) is 0 Å². The zero-order chi connectivity index (χ0) is 13.3. The quantitative estimate of drug-likeness (QED) is 0.565. The molecule has 0 spiro atoms. The zero-order valence-electron chi connectivity index (χ0n) is 12.4. The van der Waals surface area contributed by atoms with Crippen molar-refractivity contribution in [2.45, 2.75) is 72.6 Å². The van der Waals surface area contributed by atoms with Crippen molar-refractivity contribution in [1.82, 2.24) is 4.98 Å². The molecule has 0 saturated carbocycles. The fourth-order valence-corrected chi connectivity index (χ4v) is 17.8. The van der Waals surface area contributed by atoms with E-state index in [0.717, 1.165) is 0 Å². The van der Waals surface area contributed by atoms with Gasteiger partial charge in [0, 0.05) is 0 Å². The Hall–Kier alpha value is 0.00870. The third kappa shape index (κ3) is 4.60. The molecule has 1 heterocycles. The van der Waals surface area contributed by atoms with Crippen LogP contribution in [0.15, 0.2) is 17.1 Å². The summed E-state index contributed by atoms with van der Waals surface area (Å²) in [4.78, 5) is 4.57. The summed E-state index contributed by atoms with van der Waals surface area (Å²) >= 11 is -2.24. The second kappa shape index (κ2) is 9.00. The summed E-state index contributed by atoms with van der Waals surface area (Å²) < 4.78 is 11.1. The SMILES string of the molecule is CCC[CH2][Sn]([CH2]CCC)([CH2]CCC)[c]1cocn1. The van der Waals surface area contributed by atoms with Gasteiger partial charge in [0.05, 0.1) is 0 Å². The Morgan fingerprint density at radius 2 is 1.44 bits per heavy atom. The van der Waals surface area contributed by atoms with Gasteiger partial charge in [0.2, 0.25) is 0 Å². The number of hydrogen-bond donors (Lipinski definition) is 0. The van der Waals surface area contributed by atoms with E-state index in [9.17, 15) is 0 Å². The zero-order valence-corrected chi connectivity index (χ0v) is 15.2. The topological polar surface area (TPSA) is 26.0 Å². The van der Waals surface area contributed by atoms with Crippen molar-refractivity contribution < 1.29 is 4.42 Å². The molecule has 1 aromatic rings. The fraction of sp³-hybridized carbons (Fsp3) is 0.800. The van der Waals surface area contributed by atoms with Crippen molar-refractivity contribution >= 4 is 22.1 Å². The molecule has 0 bridgehead atoms. The van der Waals surface area contributed by atoms with Crippen LogP contribution < -0.4 is 3.71 Å². The number of nitrogens with zero attached hydrogens (tertiary/aromatic N) is 1. The van der Waals surface area contributed by atoms with Crippen LogP contribution >= 0.6 is 0 Å². The Morgan fingerprint density at radius 1 is 0.944 bits per heavy atom. The van der Waals surface area contributed by atoms with E-state index in [1.54, 1.807) is 6.39 Å². The van der Waals surface area contributed by atoms with Gasteiger partial charge >= 0.3 is 117 Å². The second-order valence-electron chi connectivity index (χ2n) is 5.46. The maximum atomic E-state index is 5.30. The summed E-state index contributed by atoms with van der Waals surface area (Å²) in [5, 5.41) is 0. The number of aromatic nitrogens is 1. The molecule has 104 valence electrons. The fourth-order valence-electron chi connectivity index (χ4n) is 2.78. The molecule has 0 aliphatic carbocycles. The van der Waals surface area contributed by atoms with Crippen LogP contribution in [0.4, 0.5) is 0 Å². The van der Waals surface area contributed by atoms with Gasteiger partial charge in [-0.2, -0.15) is 0 Å². The maximum absolute atomic E-state index is 5.30. The Labute approximate surface area is 116 Å². The van der Waals surface area contributed by atoms with Crippen LogP contribution in [-0.2, 0) is 0 Å². The summed E-state index contributed by atoms with van der Waals surface area (Å²) in [6.07, 6.45) is 11.7. The van der Waals surface area contributed by atoms with Gasteiger partial charge in [0.15, 0.2) is 0 Å². The molecule has 0 fully saturated rings. The standard InChI is InChI=1S/3C4H9.C3H2NO.Sn/c3*1-3-4-2;1-2-5-3-4-1;/h3*1,3-4H2,2H3;2-3H;. The molecule has 0 aliphatic heterocycles. The molecule has 2 nitrogen and oxygen atoms in total. The Balaban J connectivity index is 2.84. The van der Waals surface area contributed by atoms with Crippen molar-refractivity contribution in [1.29, 1.82) is 0 Å². The monoisotopic (exact) mass is 359 g/mol. The molecule has 0 saturated heterocycles. The van der Waals surface area contributed by atoms with Gasteiger partial charge in [0.25, 0.3) is 0 Å². The molecule has 0 N–H and O–H groups in total. The number of oxazole rings is 1. The van der Waals surface area contributed by atoms with E-state index in [1.807, 2.05) is 6.26 Å². The summed E-state index contributed by atoms with van der Waals surface area (Å²) in [6, 6.07) is 0. The molecule has 1 rings (SSSR count). The van der Waals surface area contributed by atoms with E-state index in [0.29, 0.717) is 0 Å². The minimum atomic E-state index is -2.24. The van der Waals surface area contributed by atoms with Gasteiger partial charge in [-0.3, -0.25) is 0 Å². The molecule has 0 atom stereocenters. The Kier molecular flexibility index (Phi) is 8.03. The normalized spacial score (nSPS) is 11.9. The van der Waals surface area contributed by atoms with E-state index in [4.69, 9.17) is 4.42 Å². The summed E-state index contributed by atoms with van der Waals surface area (Å²) in [6.45, 7) is 6.91. The first-order chi connectivity index (χ1) is 8.79. The first kappa shape index (κ1) is 16.1. The minimum absolute atomic E-state index is 1.31. The summed E-state index contributed by atoms with van der Waals surface area (Å²) in [5.74, 6) is 0. The molecule has 1 aromatic heterocycles. The van der Waals surface area contributed by atoms with E-state index in [2.05, 4.69) is 25.8 Å². The molecule has 3 heteroatoms. The van der Waals surface area contributed by atoms with Crippen LogP contribution in [0.2, 0.25) is 13.3 Å². The van der Waals surface area contributed by atoms with Crippen molar-refractivity contribution in [2.24, 2.45) is 0 Å². The van der Waals surface area contributed by atoms with Gasteiger partial charge < -0.3 is 0 Å². The van der Waals surface area contributed by atoms with E-state index >= 15 is 0 Å². The Bertz CT molecular complexity index is 276. The first-order valence-electron chi connectivity index (χ1n) is 7.67. The number of hydrogen-bond acceptors (Lipinski definition) is 2. The molecule has 0 amide bonds. The third-order valence-electron chi connectivity index (χ3n) is 4.00. The van der Waals surface area contributed by atoms with E-state index < -0.39 is 18.4 Å². The van der Waals surface area contributed by atoms with Gasteiger partial charge in [-0.15, -0.1) is 0 Å². The van der Waals surface area contributed by atoms with Crippen molar-refractivity contribution in [3.05, 3.63) is 12.7 Å². The van der Waals surface area contributed by atoms with Gasteiger partial charge in [-0.05, 0) is 0 Å². The van der Waals surface area contributed by atoms with Gasteiger partial charge in [-0.1, -0.05) is 0 Å². The van der Waals surface area contributed by atoms with Crippen LogP contribution in [0.25, 0.3) is 0 Å². The van der Waals surface area contributed by atoms with Gasteiger partial charge in [-0.25, -0.2) is 0 Å². The second-order valence-corrected chi connectivity index (χ2v) is 18.5. The molecule has 0 aliphatic rings. The van der Waals surface area contributed by atoms with Crippen LogP contribution in [0.1, 0.15) is 59.3 Å². The Morgan fingerprint density at radius 3 is 1.78 bits per heavy atom. The summed E-state index contributed by atoms with van der Waals surface area (Å²) in [7, 11) is 0. The molecular formula is C15H29NOSn. The van der Waals surface area contributed by atoms with Crippen molar-refractivity contribution in [2.75, 3.05) is 0 Å². The average molecular weight is 358 g/mol. The van der Waals surface area contributed by atoms with E-state index in [-0.39, 0.29) is 0 Å². The number of rotatable bonds is 10. The van der Waals surface area contributed by atoms with Gasteiger partial charge in [0.1, 0.15) is 0 Å². The van der Waals surface area contributed by atoms with Crippen LogP contribution in [0.3, 0.4) is 0 Å². The average Bonchev–Trinajstić information content (AvgIpc) is 2.93. The molecule has 0 unspecified atom stereocenters. The summed E-state index contributed by atoms with van der Waals surface area (Å²) in [5.41, 5.74) is 0. The molecule has 0 aromatic carbocycles. The van der Waals surface area contributed by atoms with Crippen LogP contribution in [-0.4, -0.2) is 23.4 Å². The number of unbranched alkanes of at least 4 members (excludes halogenated alkanes) is 3. The molecule has 0 radical (unpaired) electrons. The molecular weight excluding hydrogens is 329 g/mol. The van der Waals surface area contributed by atoms with Crippen molar-refractivity contribution in [3.63, 3.8) is 0 Å². The van der Waals surface area contributed by atoms with E-state index in [1.165, 1.54) is 55.5 Å². The van der Waals surface area contributed by atoms with Crippen LogP contribution in [0.5, 0.6) is 0 Å². The predicted octanol–water partition coefficient (Wildman–Crippen LogP) is 4.73. The predicted molar refractivity (Wildman–Crippen MR) is 81.0 cm³/mol. The first-order valence-corrected chi connectivity index (χ1v) is 15.2. The third-order valence-corrected chi connectivity index (χ3v) is 19.0.